The Hall–Kier alpha value is -4.73. The fourth-order valence-corrected chi connectivity index (χ4v) is 4.49. The van der Waals surface area contributed by atoms with E-state index in [2.05, 4.69) is 31.4 Å². The van der Waals surface area contributed by atoms with Crippen LogP contribution in [0, 0.1) is 11.2 Å². The van der Waals surface area contributed by atoms with Crippen molar-refractivity contribution in [2.24, 2.45) is 5.41 Å². The van der Waals surface area contributed by atoms with Crippen LogP contribution >= 0.6 is 0 Å². The fourth-order valence-electron chi connectivity index (χ4n) is 4.49. The van der Waals surface area contributed by atoms with Crippen LogP contribution in [0.4, 0.5) is 4.39 Å². The van der Waals surface area contributed by atoms with Gasteiger partial charge < -0.3 is 10.2 Å². The molecule has 40 heavy (non-hydrogen) atoms. The Morgan fingerprint density at radius 1 is 1.02 bits per heavy atom. The zero-order valence-electron chi connectivity index (χ0n) is 23.0. The molecule has 0 radical (unpaired) electrons. The minimum absolute atomic E-state index is 0.160. The van der Waals surface area contributed by atoms with Crippen molar-refractivity contribution in [1.29, 1.82) is 0 Å². The number of rotatable bonds is 6. The summed E-state index contributed by atoms with van der Waals surface area (Å²) in [7, 11) is 3.23. The van der Waals surface area contributed by atoms with E-state index in [0.29, 0.717) is 23.5 Å². The summed E-state index contributed by atoms with van der Waals surface area (Å²) in [6, 6.07) is 13.4. The van der Waals surface area contributed by atoms with Crippen molar-refractivity contribution in [3.05, 3.63) is 89.8 Å². The van der Waals surface area contributed by atoms with Crippen molar-refractivity contribution < 1.29 is 14.0 Å². The molecule has 0 bridgehead atoms. The molecule has 10 heteroatoms. The van der Waals surface area contributed by atoms with Gasteiger partial charge in [0.2, 0.25) is 5.91 Å². The van der Waals surface area contributed by atoms with E-state index >= 15 is 4.39 Å². The molecule has 0 aliphatic heterocycles. The van der Waals surface area contributed by atoms with Crippen LogP contribution in [0.5, 0.6) is 0 Å². The van der Waals surface area contributed by atoms with E-state index in [4.69, 9.17) is 0 Å². The largest absolute Gasteiger partial charge is 0.347 e. The van der Waals surface area contributed by atoms with Crippen LogP contribution in [0.25, 0.3) is 27.9 Å². The first-order valence-corrected chi connectivity index (χ1v) is 12.9. The highest BCUT2D eigenvalue weighted by molar-refractivity contribution is 5.98. The Morgan fingerprint density at radius 2 is 1.80 bits per heavy atom. The lowest BCUT2D eigenvalue weighted by molar-refractivity contribution is -0.133. The number of fused-ring (bicyclic) bond motifs is 2. The van der Waals surface area contributed by atoms with Gasteiger partial charge in [0, 0.05) is 37.7 Å². The average molecular weight is 540 g/mol. The lowest BCUT2D eigenvalue weighted by Gasteiger charge is -2.32. The van der Waals surface area contributed by atoms with Crippen LogP contribution in [-0.4, -0.2) is 61.4 Å². The number of hydrogen-bond donors (Lipinski definition) is 1. The third kappa shape index (κ3) is 5.38. The molecule has 1 unspecified atom stereocenters. The normalized spacial score (nSPS) is 12.4. The summed E-state index contributed by atoms with van der Waals surface area (Å²) >= 11 is 0. The van der Waals surface area contributed by atoms with Gasteiger partial charge in [-0.25, -0.2) is 18.9 Å². The van der Waals surface area contributed by atoms with Gasteiger partial charge in [-0.3, -0.25) is 14.6 Å². The predicted molar refractivity (Wildman–Crippen MR) is 150 cm³/mol. The fraction of sp³-hybridized carbons (Fsp3) is 0.267. The van der Waals surface area contributed by atoms with Gasteiger partial charge in [0.1, 0.15) is 17.6 Å². The molecule has 5 aromatic rings. The van der Waals surface area contributed by atoms with Gasteiger partial charge in [0.15, 0.2) is 0 Å². The quantitative estimate of drug-likeness (QED) is 0.345. The van der Waals surface area contributed by atoms with Gasteiger partial charge in [-0.05, 0) is 41.3 Å². The second-order valence-electron chi connectivity index (χ2n) is 11.0. The van der Waals surface area contributed by atoms with Crippen LogP contribution < -0.4 is 5.32 Å². The molecular weight excluding hydrogens is 509 g/mol. The van der Waals surface area contributed by atoms with Gasteiger partial charge in [0.05, 0.1) is 29.2 Å². The summed E-state index contributed by atoms with van der Waals surface area (Å²) in [6.45, 7) is 5.53. The standard InChI is InChI=1S/C30H30FN7O2/c1-30(2,3)26(28(40)37(4)5)35-27(39)22-10-9-20(15-23(22)31)25-17-34-29-33-16-21(38(29)36-25)14-18-8-11-24-19(13-18)7-6-12-32-24/h6-13,15-17,26H,14H2,1-5H3,(H,35,39). The molecule has 0 aliphatic rings. The van der Waals surface area contributed by atoms with Gasteiger partial charge in [0.25, 0.3) is 11.7 Å². The Balaban J connectivity index is 1.40. The van der Waals surface area contributed by atoms with Gasteiger partial charge in [-0.1, -0.05) is 39.0 Å². The molecule has 5 rings (SSSR count). The molecule has 0 aliphatic carbocycles. The van der Waals surface area contributed by atoms with Crippen molar-refractivity contribution in [2.45, 2.75) is 33.2 Å². The zero-order chi connectivity index (χ0) is 28.6. The number of aromatic nitrogens is 5. The molecular formula is C30H30FN7O2. The van der Waals surface area contributed by atoms with Crippen LogP contribution in [0.1, 0.15) is 42.4 Å². The zero-order valence-corrected chi connectivity index (χ0v) is 23.0. The van der Waals surface area contributed by atoms with Crippen LogP contribution in [0.15, 0.2) is 67.1 Å². The van der Waals surface area contributed by atoms with E-state index in [1.807, 2.05) is 45.0 Å². The van der Waals surface area contributed by atoms with Crippen LogP contribution in [0.2, 0.25) is 0 Å². The highest BCUT2D eigenvalue weighted by atomic mass is 19.1. The topological polar surface area (TPSA) is 105 Å². The molecule has 2 amide bonds. The number of nitrogens with one attached hydrogen (secondary N) is 1. The van der Waals surface area contributed by atoms with Crippen molar-refractivity contribution in [2.75, 3.05) is 14.1 Å². The van der Waals surface area contributed by atoms with Gasteiger partial charge in [-0.15, -0.1) is 0 Å². The number of amides is 2. The number of hydrogen-bond acceptors (Lipinski definition) is 6. The van der Waals surface area contributed by atoms with Crippen molar-refractivity contribution in [1.82, 2.24) is 34.8 Å². The van der Waals surface area contributed by atoms with E-state index in [9.17, 15) is 9.59 Å². The second-order valence-corrected chi connectivity index (χ2v) is 11.0. The van der Waals surface area contributed by atoms with E-state index in [1.165, 1.54) is 23.2 Å². The van der Waals surface area contributed by atoms with Crippen LogP contribution in [0.3, 0.4) is 0 Å². The minimum Gasteiger partial charge on any atom is -0.347 e. The monoisotopic (exact) mass is 539 g/mol. The van der Waals surface area contributed by atoms with E-state index in [0.717, 1.165) is 22.2 Å². The Labute approximate surface area is 231 Å². The molecule has 3 aromatic heterocycles. The molecule has 1 N–H and O–H groups in total. The molecule has 3 heterocycles. The molecule has 0 saturated carbocycles. The lowest BCUT2D eigenvalue weighted by Crippen LogP contribution is -2.53. The maximum absolute atomic E-state index is 15.2. The summed E-state index contributed by atoms with van der Waals surface area (Å²) in [4.78, 5) is 40.2. The smallest absolute Gasteiger partial charge is 0.254 e. The molecule has 204 valence electrons. The number of carbonyl (C=O) groups excluding carboxylic acids is 2. The summed E-state index contributed by atoms with van der Waals surface area (Å²) in [5, 5.41) is 8.41. The summed E-state index contributed by atoms with van der Waals surface area (Å²) < 4.78 is 16.9. The molecule has 1 atom stereocenters. The lowest BCUT2D eigenvalue weighted by atomic mass is 9.85. The maximum Gasteiger partial charge on any atom is 0.254 e. The number of carbonyl (C=O) groups is 2. The first-order chi connectivity index (χ1) is 19.0. The van der Waals surface area contributed by atoms with E-state index < -0.39 is 23.2 Å². The van der Waals surface area contributed by atoms with Crippen molar-refractivity contribution >= 4 is 28.5 Å². The molecule has 0 fully saturated rings. The molecule has 2 aromatic carbocycles. The van der Waals surface area contributed by atoms with E-state index in [-0.39, 0.29) is 11.5 Å². The third-order valence-corrected chi connectivity index (χ3v) is 6.69. The minimum atomic E-state index is -0.819. The maximum atomic E-state index is 15.2. The highest BCUT2D eigenvalue weighted by Crippen LogP contribution is 2.24. The summed E-state index contributed by atoms with van der Waals surface area (Å²) in [5.41, 5.74) is 2.97. The number of likely N-dealkylation sites (N-methyl/N-ethyl adjacent to an activating group) is 1. The Morgan fingerprint density at radius 3 is 2.52 bits per heavy atom. The number of halogens is 1. The SMILES string of the molecule is CN(C)C(=O)C(NC(=O)c1ccc(-c2cnc3ncc(Cc4ccc5ncccc5c4)n3n2)cc1F)C(C)(C)C. The van der Waals surface area contributed by atoms with Crippen molar-refractivity contribution in [3.8, 4) is 11.3 Å². The molecule has 0 saturated heterocycles. The Kier molecular flexibility index (Phi) is 7.01. The van der Waals surface area contributed by atoms with Gasteiger partial charge >= 0.3 is 0 Å². The third-order valence-electron chi connectivity index (χ3n) is 6.69. The second kappa shape index (κ2) is 10.4. The van der Waals surface area contributed by atoms with Gasteiger partial charge in [-0.2, -0.15) is 5.10 Å². The predicted octanol–water partition coefficient (Wildman–Crippen LogP) is 4.30. The van der Waals surface area contributed by atoms with Crippen molar-refractivity contribution in [3.63, 3.8) is 0 Å². The number of benzene rings is 2. The number of imidazole rings is 1. The molecule has 0 spiro atoms. The average Bonchev–Trinajstić information content (AvgIpc) is 3.32. The van der Waals surface area contributed by atoms with E-state index in [1.54, 1.807) is 37.1 Å². The van der Waals surface area contributed by atoms with Crippen LogP contribution in [-0.2, 0) is 11.2 Å². The first-order valence-electron chi connectivity index (χ1n) is 12.9. The molecule has 9 nitrogen and oxygen atoms in total. The Bertz CT molecular complexity index is 1740. The summed E-state index contributed by atoms with van der Waals surface area (Å²) in [6.07, 6.45) is 5.58. The summed E-state index contributed by atoms with van der Waals surface area (Å²) in [5.74, 6) is -1.23. The number of nitrogens with zero attached hydrogens (tertiary/aromatic N) is 6. The highest BCUT2D eigenvalue weighted by Gasteiger charge is 2.34. The first kappa shape index (κ1) is 26.9. The number of pyridine rings is 1.